The molecule has 0 radical (unpaired) electrons. The topological polar surface area (TPSA) is 57.7 Å². The van der Waals surface area contributed by atoms with Crippen molar-refractivity contribution in [2.24, 2.45) is 0 Å². The van der Waals surface area contributed by atoms with Crippen LogP contribution in [0.25, 0.3) is 0 Å². The minimum atomic E-state index is -3.45. The third-order valence-electron chi connectivity index (χ3n) is 4.21. The van der Waals surface area contributed by atoms with E-state index in [1.54, 1.807) is 22.4 Å². The lowest BCUT2D eigenvalue weighted by molar-refractivity contribution is 0.0763. The van der Waals surface area contributed by atoms with Crippen molar-refractivity contribution in [2.45, 2.75) is 17.6 Å². The average Bonchev–Trinajstić information content (AvgIpc) is 3.00. The van der Waals surface area contributed by atoms with E-state index in [1.807, 2.05) is 31.2 Å². The molecule has 1 aromatic carbocycles. The highest BCUT2D eigenvalue weighted by Crippen LogP contribution is 2.22. The molecule has 1 saturated heterocycles. The summed E-state index contributed by atoms with van der Waals surface area (Å²) in [5.74, 6) is -0.0246. The molecule has 0 N–H and O–H groups in total. The number of carbonyl (C=O) groups is 1. The van der Waals surface area contributed by atoms with E-state index >= 15 is 0 Å². The van der Waals surface area contributed by atoms with Crippen molar-refractivity contribution in [2.75, 3.05) is 26.2 Å². The highest BCUT2D eigenvalue weighted by atomic mass is 32.2. The van der Waals surface area contributed by atoms with Crippen molar-refractivity contribution >= 4 is 27.3 Å². The second kappa shape index (κ2) is 7.04. The maximum atomic E-state index is 12.7. The fourth-order valence-corrected chi connectivity index (χ4v) is 5.47. The van der Waals surface area contributed by atoms with Gasteiger partial charge in [0.15, 0.2) is 0 Å². The molecule has 0 spiro atoms. The molecule has 5 nitrogen and oxygen atoms in total. The van der Waals surface area contributed by atoms with Crippen molar-refractivity contribution in [1.82, 2.24) is 9.21 Å². The summed E-state index contributed by atoms with van der Waals surface area (Å²) >= 11 is 1.23. The lowest BCUT2D eigenvalue weighted by atomic mass is 10.1. The largest absolute Gasteiger partial charge is 0.337 e. The van der Waals surface area contributed by atoms with Gasteiger partial charge in [0.1, 0.15) is 4.21 Å². The first kappa shape index (κ1) is 17.1. The van der Waals surface area contributed by atoms with Gasteiger partial charge in [-0.15, -0.1) is 11.3 Å². The molecule has 0 saturated carbocycles. The van der Waals surface area contributed by atoms with Gasteiger partial charge in [-0.2, -0.15) is 4.31 Å². The summed E-state index contributed by atoms with van der Waals surface area (Å²) in [7, 11) is -3.45. The van der Waals surface area contributed by atoms with Crippen molar-refractivity contribution in [3.05, 3.63) is 52.9 Å². The van der Waals surface area contributed by atoms with Crippen LogP contribution in [-0.2, 0) is 10.0 Å². The summed E-state index contributed by atoms with van der Waals surface area (Å²) in [4.78, 5) is 14.5. The Morgan fingerprint density at radius 2 is 1.83 bits per heavy atom. The van der Waals surface area contributed by atoms with Gasteiger partial charge < -0.3 is 4.90 Å². The Balaban J connectivity index is 1.74. The van der Waals surface area contributed by atoms with Crippen LogP contribution < -0.4 is 0 Å². The molecule has 1 aromatic heterocycles. The highest BCUT2D eigenvalue weighted by molar-refractivity contribution is 7.91. The van der Waals surface area contributed by atoms with Gasteiger partial charge in [0.05, 0.1) is 0 Å². The predicted molar refractivity (Wildman–Crippen MR) is 94.8 cm³/mol. The Morgan fingerprint density at radius 3 is 2.54 bits per heavy atom. The maximum absolute atomic E-state index is 12.7. The number of thiophene rings is 1. The molecule has 1 aliphatic heterocycles. The SMILES string of the molecule is Cc1ccccc1C(=O)N1CCCN(S(=O)(=O)c2cccs2)CC1. The Morgan fingerprint density at radius 1 is 1.04 bits per heavy atom. The molecule has 0 unspecified atom stereocenters. The molecule has 3 rings (SSSR count). The summed E-state index contributed by atoms with van der Waals surface area (Å²) in [6, 6.07) is 10.9. The lowest BCUT2D eigenvalue weighted by Gasteiger charge is -2.22. The number of hydrogen-bond acceptors (Lipinski definition) is 4. The second-order valence-electron chi connectivity index (χ2n) is 5.80. The fourth-order valence-electron chi connectivity index (χ4n) is 2.86. The monoisotopic (exact) mass is 364 g/mol. The molecule has 1 amide bonds. The van der Waals surface area contributed by atoms with Crippen LogP contribution in [0.4, 0.5) is 0 Å². The number of benzene rings is 1. The number of carbonyl (C=O) groups excluding carboxylic acids is 1. The van der Waals surface area contributed by atoms with E-state index in [9.17, 15) is 13.2 Å². The van der Waals surface area contributed by atoms with Gasteiger partial charge in [-0.25, -0.2) is 8.42 Å². The standard InChI is InChI=1S/C17H20N2O3S2/c1-14-6-2-3-7-15(14)17(20)18-9-5-10-19(12-11-18)24(21,22)16-8-4-13-23-16/h2-4,6-8,13H,5,9-12H2,1H3. The number of amides is 1. The summed E-state index contributed by atoms with van der Waals surface area (Å²) < 4.78 is 27.1. The summed E-state index contributed by atoms with van der Waals surface area (Å²) in [5, 5.41) is 1.76. The van der Waals surface area contributed by atoms with Crippen molar-refractivity contribution < 1.29 is 13.2 Å². The van der Waals surface area contributed by atoms with Crippen LogP contribution in [0.2, 0.25) is 0 Å². The molecule has 2 aromatic rings. The van der Waals surface area contributed by atoms with E-state index in [2.05, 4.69) is 0 Å². The van der Waals surface area contributed by atoms with Gasteiger partial charge >= 0.3 is 0 Å². The van der Waals surface area contributed by atoms with Gasteiger partial charge in [-0.05, 0) is 36.4 Å². The minimum Gasteiger partial charge on any atom is -0.337 e. The Bertz CT molecular complexity index is 816. The summed E-state index contributed by atoms with van der Waals surface area (Å²) in [6.07, 6.45) is 0.641. The Labute approximate surface area is 146 Å². The molecule has 1 aliphatic rings. The number of nitrogens with zero attached hydrogens (tertiary/aromatic N) is 2. The molecule has 1 fully saturated rings. The van der Waals surface area contributed by atoms with Gasteiger partial charge in [-0.3, -0.25) is 4.79 Å². The smallest absolute Gasteiger partial charge is 0.254 e. The molecule has 24 heavy (non-hydrogen) atoms. The van der Waals surface area contributed by atoms with E-state index in [1.165, 1.54) is 15.6 Å². The molecular weight excluding hydrogens is 344 g/mol. The molecule has 0 aliphatic carbocycles. The quantitative estimate of drug-likeness (QED) is 0.841. The highest BCUT2D eigenvalue weighted by Gasteiger charge is 2.29. The van der Waals surface area contributed by atoms with Crippen molar-refractivity contribution in [3.8, 4) is 0 Å². The summed E-state index contributed by atoms with van der Waals surface area (Å²) in [6.45, 7) is 3.68. The molecule has 128 valence electrons. The molecule has 7 heteroatoms. The zero-order valence-electron chi connectivity index (χ0n) is 13.5. The Hall–Kier alpha value is -1.70. The van der Waals surface area contributed by atoms with E-state index in [4.69, 9.17) is 0 Å². The first-order valence-corrected chi connectivity index (χ1v) is 10.2. The van der Waals surface area contributed by atoms with E-state index in [-0.39, 0.29) is 5.91 Å². The third-order valence-corrected chi connectivity index (χ3v) is 7.48. The summed E-state index contributed by atoms with van der Waals surface area (Å²) in [5.41, 5.74) is 1.63. The fraction of sp³-hybridized carbons (Fsp3) is 0.353. The Kier molecular flexibility index (Phi) is 5.03. The van der Waals surface area contributed by atoms with Crippen LogP contribution in [0.1, 0.15) is 22.3 Å². The van der Waals surface area contributed by atoms with Gasteiger partial charge in [0, 0.05) is 31.7 Å². The normalized spacial score (nSPS) is 16.8. The zero-order chi connectivity index (χ0) is 17.2. The lowest BCUT2D eigenvalue weighted by Crippen LogP contribution is -2.37. The number of sulfonamides is 1. The van der Waals surface area contributed by atoms with Crippen LogP contribution in [0.15, 0.2) is 46.0 Å². The molecule has 0 bridgehead atoms. The third kappa shape index (κ3) is 3.38. The maximum Gasteiger partial charge on any atom is 0.254 e. The number of aryl methyl sites for hydroxylation is 1. The van der Waals surface area contributed by atoms with E-state index < -0.39 is 10.0 Å². The number of rotatable bonds is 3. The molecule has 2 heterocycles. The van der Waals surface area contributed by atoms with Crippen molar-refractivity contribution in [1.29, 1.82) is 0 Å². The molecular formula is C17H20N2O3S2. The van der Waals surface area contributed by atoms with Crippen LogP contribution >= 0.6 is 11.3 Å². The predicted octanol–water partition coefficient (Wildman–Crippen LogP) is 2.59. The average molecular weight is 364 g/mol. The second-order valence-corrected chi connectivity index (χ2v) is 8.91. The zero-order valence-corrected chi connectivity index (χ0v) is 15.1. The van der Waals surface area contributed by atoms with Gasteiger partial charge in [-0.1, -0.05) is 24.3 Å². The van der Waals surface area contributed by atoms with E-state index in [0.717, 1.165) is 5.56 Å². The minimum absolute atomic E-state index is 0.0246. The van der Waals surface area contributed by atoms with Gasteiger partial charge in [0.25, 0.3) is 15.9 Å². The van der Waals surface area contributed by atoms with Crippen LogP contribution in [-0.4, -0.2) is 49.7 Å². The van der Waals surface area contributed by atoms with Crippen LogP contribution in [0.3, 0.4) is 0 Å². The van der Waals surface area contributed by atoms with Crippen LogP contribution in [0.5, 0.6) is 0 Å². The van der Waals surface area contributed by atoms with Crippen LogP contribution in [0, 0.1) is 6.92 Å². The van der Waals surface area contributed by atoms with Gasteiger partial charge in [0.2, 0.25) is 0 Å². The van der Waals surface area contributed by atoms with Crippen molar-refractivity contribution in [3.63, 3.8) is 0 Å². The number of hydrogen-bond donors (Lipinski definition) is 0. The first-order valence-electron chi connectivity index (χ1n) is 7.89. The molecule has 0 atom stereocenters. The van der Waals surface area contributed by atoms with E-state index in [0.29, 0.717) is 42.4 Å². The first-order chi connectivity index (χ1) is 11.5.